The first-order valence-corrected chi connectivity index (χ1v) is 10.8. The Balaban J connectivity index is 1.51. The lowest BCUT2D eigenvalue weighted by Crippen LogP contribution is -2.43. The van der Waals surface area contributed by atoms with Crippen LogP contribution in [-0.4, -0.2) is 28.2 Å². The smallest absolute Gasteiger partial charge is 0.165 e. The molecule has 1 aliphatic rings. The number of aromatic nitrogens is 2. The van der Waals surface area contributed by atoms with E-state index in [4.69, 9.17) is 11.6 Å². The van der Waals surface area contributed by atoms with Crippen molar-refractivity contribution in [2.24, 2.45) is 0 Å². The highest BCUT2D eigenvalue weighted by Crippen LogP contribution is 2.37. The summed E-state index contributed by atoms with van der Waals surface area (Å²) in [7, 11) is 0. The highest BCUT2D eigenvalue weighted by atomic mass is 35.5. The van der Waals surface area contributed by atoms with E-state index < -0.39 is 17.2 Å². The Bertz CT molecular complexity index is 1290. The molecule has 1 aliphatic heterocycles. The standard InChI is InChI=1S/C25H20ClF2N3O/c26-17-7-5-16(6-8-17)25(32)11-13-31(14-12-25)24-20-3-1-2-4-22(20)29-23(30-24)19-10-9-18(27)15-21(19)28/h1-10,15,32H,11-14H2. The van der Waals surface area contributed by atoms with Crippen LogP contribution in [0.2, 0.25) is 5.02 Å². The van der Waals surface area contributed by atoms with E-state index in [0.717, 1.165) is 17.0 Å². The summed E-state index contributed by atoms with van der Waals surface area (Å²) < 4.78 is 27.9. The number of benzene rings is 3. The largest absolute Gasteiger partial charge is 0.385 e. The van der Waals surface area contributed by atoms with Crippen LogP contribution in [0.15, 0.2) is 66.7 Å². The molecular formula is C25H20ClF2N3O. The van der Waals surface area contributed by atoms with Crippen molar-refractivity contribution in [3.8, 4) is 11.4 Å². The van der Waals surface area contributed by atoms with E-state index in [1.807, 2.05) is 36.4 Å². The molecule has 0 aliphatic carbocycles. The molecule has 0 bridgehead atoms. The van der Waals surface area contributed by atoms with Crippen LogP contribution in [-0.2, 0) is 5.60 Å². The number of hydrogen-bond acceptors (Lipinski definition) is 4. The fourth-order valence-electron chi connectivity index (χ4n) is 4.23. The van der Waals surface area contributed by atoms with Gasteiger partial charge in [0.15, 0.2) is 5.82 Å². The minimum absolute atomic E-state index is 0.146. The second-order valence-electron chi connectivity index (χ2n) is 8.04. The third-order valence-corrected chi connectivity index (χ3v) is 6.28. The average Bonchev–Trinajstić information content (AvgIpc) is 2.79. The molecule has 0 radical (unpaired) electrons. The molecule has 162 valence electrons. The zero-order valence-electron chi connectivity index (χ0n) is 17.1. The van der Waals surface area contributed by atoms with E-state index >= 15 is 0 Å². The molecule has 0 spiro atoms. The second-order valence-corrected chi connectivity index (χ2v) is 8.47. The topological polar surface area (TPSA) is 49.2 Å². The van der Waals surface area contributed by atoms with Gasteiger partial charge >= 0.3 is 0 Å². The number of hydrogen-bond donors (Lipinski definition) is 1. The first-order valence-electron chi connectivity index (χ1n) is 10.4. The van der Waals surface area contributed by atoms with Crippen molar-refractivity contribution in [3.63, 3.8) is 0 Å². The van der Waals surface area contributed by atoms with Crippen molar-refractivity contribution in [2.75, 3.05) is 18.0 Å². The molecule has 1 aromatic heterocycles. The summed E-state index contributed by atoms with van der Waals surface area (Å²) >= 11 is 5.99. The Morgan fingerprint density at radius 3 is 2.34 bits per heavy atom. The van der Waals surface area contributed by atoms with Gasteiger partial charge in [-0.15, -0.1) is 0 Å². The van der Waals surface area contributed by atoms with Gasteiger partial charge < -0.3 is 10.0 Å². The summed E-state index contributed by atoms with van der Waals surface area (Å²) in [4.78, 5) is 11.3. The van der Waals surface area contributed by atoms with E-state index in [2.05, 4.69) is 14.9 Å². The van der Waals surface area contributed by atoms with Crippen LogP contribution >= 0.6 is 11.6 Å². The van der Waals surface area contributed by atoms with Crippen LogP contribution in [0.1, 0.15) is 18.4 Å². The van der Waals surface area contributed by atoms with Gasteiger partial charge in [-0.3, -0.25) is 0 Å². The molecule has 0 amide bonds. The predicted octanol–water partition coefficient (Wildman–Crippen LogP) is 5.72. The third kappa shape index (κ3) is 3.80. The Morgan fingerprint density at radius 2 is 1.62 bits per heavy atom. The summed E-state index contributed by atoms with van der Waals surface area (Å²) in [5.74, 6) is -0.478. The van der Waals surface area contributed by atoms with Gasteiger partial charge in [-0.05, 0) is 54.8 Å². The van der Waals surface area contributed by atoms with Crippen LogP contribution in [0, 0.1) is 11.6 Å². The van der Waals surface area contributed by atoms with Gasteiger partial charge in [0, 0.05) is 29.6 Å². The van der Waals surface area contributed by atoms with E-state index in [-0.39, 0.29) is 11.4 Å². The van der Waals surface area contributed by atoms with Crippen LogP contribution in [0.3, 0.4) is 0 Å². The lowest BCUT2D eigenvalue weighted by atomic mass is 9.84. The van der Waals surface area contributed by atoms with Crippen molar-refractivity contribution in [1.29, 1.82) is 0 Å². The summed E-state index contributed by atoms with van der Waals surface area (Å²) in [5, 5.41) is 12.7. The molecule has 1 fully saturated rings. The molecule has 5 rings (SSSR count). The van der Waals surface area contributed by atoms with Crippen molar-refractivity contribution in [2.45, 2.75) is 18.4 Å². The van der Waals surface area contributed by atoms with Crippen LogP contribution in [0.5, 0.6) is 0 Å². The van der Waals surface area contributed by atoms with Gasteiger partial charge in [-0.25, -0.2) is 18.7 Å². The number of halogens is 3. The Labute approximate surface area is 189 Å². The molecule has 1 saturated heterocycles. The van der Waals surface area contributed by atoms with Gasteiger partial charge in [0.25, 0.3) is 0 Å². The Morgan fingerprint density at radius 1 is 0.906 bits per heavy atom. The molecule has 4 aromatic rings. The summed E-state index contributed by atoms with van der Waals surface area (Å²) in [5.41, 5.74) is 0.710. The zero-order valence-corrected chi connectivity index (χ0v) is 17.9. The van der Waals surface area contributed by atoms with Gasteiger partial charge in [0.1, 0.15) is 17.5 Å². The number of para-hydroxylation sites is 1. The zero-order chi connectivity index (χ0) is 22.3. The number of piperidine rings is 1. The quantitative estimate of drug-likeness (QED) is 0.433. The minimum Gasteiger partial charge on any atom is -0.385 e. The fourth-order valence-corrected chi connectivity index (χ4v) is 4.36. The summed E-state index contributed by atoms with van der Waals surface area (Å²) in [6.45, 7) is 1.12. The highest BCUT2D eigenvalue weighted by molar-refractivity contribution is 6.30. The molecule has 0 atom stereocenters. The Kier molecular flexibility index (Phi) is 5.27. The van der Waals surface area contributed by atoms with E-state index in [1.54, 1.807) is 12.1 Å². The van der Waals surface area contributed by atoms with Gasteiger partial charge in [-0.1, -0.05) is 35.9 Å². The lowest BCUT2D eigenvalue weighted by Gasteiger charge is -2.39. The first-order chi connectivity index (χ1) is 15.4. The van der Waals surface area contributed by atoms with Crippen molar-refractivity contribution in [1.82, 2.24) is 9.97 Å². The maximum Gasteiger partial charge on any atom is 0.165 e. The SMILES string of the molecule is OC1(c2ccc(Cl)cc2)CCN(c2nc(-c3ccc(F)cc3F)nc3ccccc23)CC1. The molecule has 2 heterocycles. The normalized spacial score (nSPS) is 15.8. The second kappa shape index (κ2) is 8.11. The highest BCUT2D eigenvalue weighted by Gasteiger charge is 2.35. The molecule has 32 heavy (non-hydrogen) atoms. The minimum atomic E-state index is -0.949. The molecule has 1 N–H and O–H groups in total. The molecular weight excluding hydrogens is 432 g/mol. The number of fused-ring (bicyclic) bond motifs is 1. The van der Waals surface area contributed by atoms with Gasteiger partial charge in [-0.2, -0.15) is 0 Å². The molecule has 3 aromatic carbocycles. The number of nitrogens with zero attached hydrogens (tertiary/aromatic N) is 3. The predicted molar refractivity (Wildman–Crippen MR) is 122 cm³/mol. The summed E-state index contributed by atoms with van der Waals surface area (Å²) in [6, 6.07) is 18.2. The molecule has 4 nitrogen and oxygen atoms in total. The van der Waals surface area contributed by atoms with Crippen molar-refractivity contribution in [3.05, 3.63) is 89.0 Å². The molecule has 7 heteroatoms. The Hall–Kier alpha value is -3.09. The van der Waals surface area contributed by atoms with E-state index in [0.29, 0.717) is 42.3 Å². The number of rotatable bonds is 3. The average molecular weight is 452 g/mol. The van der Waals surface area contributed by atoms with Crippen molar-refractivity contribution >= 4 is 28.3 Å². The fraction of sp³-hybridized carbons (Fsp3) is 0.200. The lowest BCUT2D eigenvalue weighted by molar-refractivity contribution is 0.0117. The number of aliphatic hydroxyl groups is 1. The van der Waals surface area contributed by atoms with Gasteiger partial charge in [0.05, 0.1) is 16.7 Å². The van der Waals surface area contributed by atoms with Gasteiger partial charge in [0.2, 0.25) is 0 Å². The molecule has 0 unspecified atom stereocenters. The van der Waals surface area contributed by atoms with Crippen LogP contribution in [0.25, 0.3) is 22.3 Å². The van der Waals surface area contributed by atoms with E-state index in [1.165, 1.54) is 12.1 Å². The van der Waals surface area contributed by atoms with Crippen LogP contribution in [0.4, 0.5) is 14.6 Å². The third-order valence-electron chi connectivity index (χ3n) is 6.03. The monoisotopic (exact) mass is 451 g/mol. The van der Waals surface area contributed by atoms with E-state index in [9.17, 15) is 13.9 Å². The molecule has 0 saturated carbocycles. The maximum absolute atomic E-state index is 14.5. The maximum atomic E-state index is 14.5. The van der Waals surface area contributed by atoms with Crippen LogP contribution < -0.4 is 4.90 Å². The first kappa shape index (κ1) is 20.8. The van der Waals surface area contributed by atoms with Crippen molar-refractivity contribution < 1.29 is 13.9 Å². The number of anilines is 1. The summed E-state index contributed by atoms with van der Waals surface area (Å²) in [6.07, 6.45) is 1.01.